The van der Waals surface area contributed by atoms with Gasteiger partial charge in [-0.05, 0) is 39.3 Å². The molecule has 2 N–H and O–H groups in total. The number of rotatable bonds is 5. The van der Waals surface area contributed by atoms with E-state index < -0.39 is 0 Å². The van der Waals surface area contributed by atoms with Gasteiger partial charge in [0.25, 0.3) is 0 Å². The van der Waals surface area contributed by atoms with Crippen molar-refractivity contribution in [1.82, 2.24) is 10.6 Å². The maximum absolute atomic E-state index is 5.40. The Kier molecular flexibility index (Phi) is 5.67. The second-order valence-corrected chi connectivity index (χ2v) is 6.55. The Morgan fingerprint density at radius 1 is 1.43 bits per heavy atom. The van der Waals surface area contributed by atoms with Crippen LogP contribution in [-0.2, 0) is 11.2 Å². The quantitative estimate of drug-likeness (QED) is 0.645. The third-order valence-electron chi connectivity index (χ3n) is 3.27. The van der Waals surface area contributed by atoms with Crippen LogP contribution in [0.15, 0.2) is 27.8 Å². The molecule has 2 heterocycles. The van der Waals surface area contributed by atoms with Crippen LogP contribution in [0.2, 0.25) is 0 Å². The van der Waals surface area contributed by atoms with Gasteiger partial charge in [-0.3, -0.25) is 4.99 Å². The average Bonchev–Trinajstić information content (AvgIpc) is 3.07. The molecule has 1 aromatic heterocycles. The van der Waals surface area contributed by atoms with Crippen molar-refractivity contribution in [2.75, 3.05) is 26.3 Å². The van der Waals surface area contributed by atoms with Crippen molar-refractivity contribution in [3.8, 4) is 0 Å². The van der Waals surface area contributed by atoms with E-state index in [9.17, 15) is 0 Å². The number of hydrogen-bond donors (Lipinski definition) is 2. The van der Waals surface area contributed by atoms with Crippen LogP contribution in [0, 0.1) is 5.92 Å². The highest BCUT2D eigenvalue weighted by Crippen LogP contribution is 2.12. The van der Waals surface area contributed by atoms with Gasteiger partial charge in [0.15, 0.2) is 5.96 Å². The van der Waals surface area contributed by atoms with Crippen molar-refractivity contribution in [1.29, 1.82) is 0 Å². The van der Waals surface area contributed by atoms with Crippen molar-refractivity contribution in [2.45, 2.75) is 39.2 Å². The minimum Gasteiger partial charge on any atom is -0.469 e. The summed E-state index contributed by atoms with van der Waals surface area (Å²) in [5.74, 6) is 2.40. The maximum Gasteiger partial charge on any atom is 0.191 e. The normalized spacial score (nSPS) is 19.8. The highest BCUT2D eigenvalue weighted by Gasteiger charge is 2.16. The van der Waals surface area contributed by atoms with Crippen LogP contribution in [0.5, 0.6) is 0 Å². The highest BCUT2D eigenvalue weighted by atomic mass is 16.5. The minimum absolute atomic E-state index is 0.0112. The second kappa shape index (κ2) is 7.50. The van der Waals surface area contributed by atoms with Gasteiger partial charge in [0, 0.05) is 37.6 Å². The van der Waals surface area contributed by atoms with Gasteiger partial charge >= 0.3 is 0 Å². The first kappa shape index (κ1) is 15.9. The number of ether oxygens (including phenoxy) is 1. The Morgan fingerprint density at radius 2 is 2.29 bits per heavy atom. The van der Waals surface area contributed by atoms with E-state index >= 15 is 0 Å². The summed E-state index contributed by atoms with van der Waals surface area (Å²) in [6.07, 6.45) is 3.67. The summed E-state index contributed by atoms with van der Waals surface area (Å²) in [5.41, 5.74) is -0.0112. The molecule has 1 aromatic rings. The molecule has 0 radical (unpaired) electrons. The number of guanidine groups is 1. The molecule has 2 rings (SSSR count). The molecule has 21 heavy (non-hydrogen) atoms. The number of furan rings is 1. The number of nitrogens with zero attached hydrogens (tertiary/aromatic N) is 1. The molecule has 1 unspecified atom stereocenters. The van der Waals surface area contributed by atoms with E-state index in [1.54, 1.807) is 6.26 Å². The molecule has 1 aliphatic rings. The lowest BCUT2D eigenvalue weighted by Crippen LogP contribution is -2.48. The first-order valence-electron chi connectivity index (χ1n) is 7.69. The van der Waals surface area contributed by atoms with Gasteiger partial charge in [-0.25, -0.2) is 0 Å². The first-order chi connectivity index (χ1) is 10.0. The van der Waals surface area contributed by atoms with Crippen LogP contribution in [-0.4, -0.2) is 37.8 Å². The van der Waals surface area contributed by atoms with Gasteiger partial charge in [0.2, 0.25) is 0 Å². The van der Waals surface area contributed by atoms with Crippen molar-refractivity contribution in [3.05, 3.63) is 24.2 Å². The maximum atomic E-state index is 5.40. The van der Waals surface area contributed by atoms with E-state index in [1.807, 2.05) is 12.1 Å². The number of aliphatic imine (C=N–C) groups is 1. The molecular formula is C16H27N3O2. The van der Waals surface area contributed by atoms with Crippen LogP contribution in [0.25, 0.3) is 0 Å². The van der Waals surface area contributed by atoms with Crippen LogP contribution < -0.4 is 10.6 Å². The molecule has 0 spiro atoms. The molecule has 0 amide bonds. The SMILES string of the molecule is CC(C)(C)NC(=NCC1CCOC1)NCCc1ccco1. The standard InChI is InChI=1S/C16H27N3O2/c1-16(2,3)19-15(18-11-13-7-10-20-12-13)17-8-6-14-5-4-9-21-14/h4-5,9,13H,6-8,10-12H2,1-3H3,(H2,17,18,19). The third kappa shape index (κ3) is 6.21. The molecule has 0 saturated carbocycles. The lowest BCUT2D eigenvalue weighted by molar-refractivity contribution is 0.187. The lowest BCUT2D eigenvalue weighted by Gasteiger charge is -2.24. The molecule has 1 aliphatic heterocycles. The average molecular weight is 293 g/mol. The Morgan fingerprint density at radius 3 is 2.90 bits per heavy atom. The molecule has 1 saturated heterocycles. The molecular weight excluding hydrogens is 266 g/mol. The predicted molar refractivity (Wildman–Crippen MR) is 84.5 cm³/mol. The summed E-state index contributed by atoms with van der Waals surface area (Å²) in [6, 6.07) is 3.91. The fraction of sp³-hybridized carbons (Fsp3) is 0.688. The highest BCUT2D eigenvalue weighted by molar-refractivity contribution is 5.80. The summed E-state index contributed by atoms with van der Waals surface area (Å²) < 4.78 is 10.7. The fourth-order valence-corrected chi connectivity index (χ4v) is 2.20. The van der Waals surface area contributed by atoms with E-state index in [0.717, 1.165) is 50.9 Å². The van der Waals surface area contributed by atoms with Gasteiger partial charge in [-0.15, -0.1) is 0 Å². The van der Waals surface area contributed by atoms with E-state index in [1.165, 1.54) is 0 Å². The Labute approximate surface area is 127 Å². The second-order valence-electron chi connectivity index (χ2n) is 6.55. The van der Waals surface area contributed by atoms with Gasteiger partial charge < -0.3 is 19.8 Å². The van der Waals surface area contributed by atoms with Crippen LogP contribution >= 0.6 is 0 Å². The topological polar surface area (TPSA) is 58.8 Å². The molecule has 118 valence electrons. The lowest BCUT2D eigenvalue weighted by atomic mass is 10.1. The summed E-state index contributed by atoms with van der Waals surface area (Å²) in [6.45, 7) is 9.72. The van der Waals surface area contributed by atoms with E-state index in [-0.39, 0.29) is 5.54 Å². The molecule has 5 heteroatoms. The minimum atomic E-state index is -0.0112. The summed E-state index contributed by atoms with van der Waals surface area (Å²) in [7, 11) is 0. The predicted octanol–water partition coefficient (Wildman–Crippen LogP) is 2.19. The third-order valence-corrected chi connectivity index (χ3v) is 3.27. The van der Waals surface area contributed by atoms with Gasteiger partial charge in [0.05, 0.1) is 12.9 Å². The number of hydrogen-bond acceptors (Lipinski definition) is 3. The zero-order valence-electron chi connectivity index (χ0n) is 13.3. The van der Waals surface area contributed by atoms with E-state index in [0.29, 0.717) is 5.92 Å². The van der Waals surface area contributed by atoms with Crippen molar-refractivity contribution < 1.29 is 9.15 Å². The molecule has 0 aliphatic carbocycles. The van der Waals surface area contributed by atoms with Crippen LogP contribution in [0.3, 0.4) is 0 Å². The van der Waals surface area contributed by atoms with Crippen molar-refractivity contribution in [3.63, 3.8) is 0 Å². The van der Waals surface area contributed by atoms with Crippen molar-refractivity contribution >= 4 is 5.96 Å². The van der Waals surface area contributed by atoms with Gasteiger partial charge in [-0.1, -0.05) is 0 Å². The van der Waals surface area contributed by atoms with Crippen molar-refractivity contribution in [2.24, 2.45) is 10.9 Å². The smallest absolute Gasteiger partial charge is 0.191 e. The Hall–Kier alpha value is -1.49. The zero-order valence-corrected chi connectivity index (χ0v) is 13.3. The summed E-state index contributed by atoms with van der Waals surface area (Å²) in [4.78, 5) is 4.69. The Bertz CT molecular complexity index is 429. The van der Waals surface area contributed by atoms with Gasteiger partial charge in [0.1, 0.15) is 5.76 Å². The summed E-state index contributed by atoms with van der Waals surface area (Å²) in [5, 5.41) is 6.80. The van der Waals surface area contributed by atoms with E-state index in [4.69, 9.17) is 14.1 Å². The Balaban J connectivity index is 1.83. The van der Waals surface area contributed by atoms with Crippen LogP contribution in [0.1, 0.15) is 33.0 Å². The largest absolute Gasteiger partial charge is 0.469 e. The molecule has 0 bridgehead atoms. The van der Waals surface area contributed by atoms with E-state index in [2.05, 4.69) is 31.4 Å². The molecule has 5 nitrogen and oxygen atoms in total. The molecule has 1 fully saturated rings. The molecule has 1 atom stereocenters. The summed E-state index contributed by atoms with van der Waals surface area (Å²) >= 11 is 0. The zero-order chi connectivity index (χ0) is 15.1. The number of nitrogens with one attached hydrogen (secondary N) is 2. The monoisotopic (exact) mass is 293 g/mol. The fourth-order valence-electron chi connectivity index (χ4n) is 2.20. The van der Waals surface area contributed by atoms with Crippen LogP contribution in [0.4, 0.5) is 0 Å². The van der Waals surface area contributed by atoms with Gasteiger partial charge in [-0.2, -0.15) is 0 Å². The first-order valence-corrected chi connectivity index (χ1v) is 7.69. The molecule has 0 aromatic carbocycles.